The molecule has 7 heteroatoms. The molecular weight excluding hydrogens is 350 g/mol. The van der Waals surface area contributed by atoms with Crippen LogP contribution >= 0.6 is 0 Å². The fraction of sp³-hybridized carbons (Fsp3) is 0.944. The van der Waals surface area contributed by atoms with Crippen molar-refractivity contribution >= 4 is 16.6 Å². The lowest BCUT2D eigenvalue weighted by Crippen LogP contribution is -2.54. The van der Waals surface area contributed by atoms with Crippen LogP contribution in [0.2, 0.25) is 36.3 Å². The first-order chi connectivity index (χ1) is 11.1. The molecule has 1 fully saturated rings. The number of aliphatic hydroxyl groups excluding tert-OH is 1. The molecule has 0 spiro atoms. The van der Waals surface area contributed by atoms with Gasteiger partial charge in [0, 0.05) is 0 Å². The average molecular weight is 388 g/mol. The molecule has 5 nitrogen and oxygen atoms in total. The number of ether oxygens (including phenoxy) is 1. The van der Waals surface area contributed by atoms with Gasteiger partial charge in [-0.1, -0.05) is 41.5 Å². The summed E-state index contributed by atoms with van der Waals surface area (Å²) in [6.45, 7) is 21.5. The predicted octanol–water partition coefficient (Wildman–Crippen LogP) is 4.05. The van der Waals surface area contributed by atoms with Crippen molar-refractivity contribution in [2.75, 3.05) is 6.61 Å². The van der Waals surface area contributed by atoms with Gasteiger partial charge in [0.05, 0.1) is 12.7 Å². The van der Waals surface area contributed by atoms with Crippen LogP contribution in [-0.4, -0.2) is 52.8 Å². The number of hydrogen-bond acceptors (Lipinski definition) is 5. The minimum absolute atomic E-state index is 0.0197. The van der Waals surface area contributed by atoms with E-state index in [-0.39, 0.29) is 16.7 Å². The maximum atomic E-state index is 9.78. The first-order valence-electron chi connectivity index (χ1n) is 9.09. The van der Waals surface area contributed by atoms with Gasteiger partial charge in [0.25, 0.3) is 0 Å². The Balaban J connectivity index is 3.18. The van der Waals surface area contributed by atoms with Crippen LogP contribution in [0.25, 0.3) is 0 Å². The third kappa shape index (κ3) is 4.93. The topological polar surface area (TPSA) is 71.7 Å². The number of hydrogen-bond donors (Lipinski definition) is 1. The third-order valence-electron chi connectivity index (χ3n) is 6.09. The van der Waals surface area contributed by atoms with E-state index in [1.807, 2.05) is 0 Å². The zero-order valence-corrected chi connectivity index (χ0v) is 19.6. The van der Waals surface area contributed by atoms with Crippen molar-refractivity contribution in [2.24, 2.45) is 0 Å². The van der Waals surface area contributed by atoms with E-state index < -0.39 is 41.1 Å². The molecule has 1 aliphatic heterocycles. The van der Waals surface area contributed by atoms with Gasteiger partial charge in [0.2, 0.25) is 0 Å². The molecule has 0 aromatic rings. The largest absolute Gasteiger partial charge is 0.408 e. The second-order valence-electron chi connectivity index (χ2n) is 10.1. The van der Waals surface area contributed by atoms with E-state index >= 15 is 0 Å². The summed E-state index contributed by atoms with van der Waals surface area (Å²) < 4.78 is 18.9. The fourth-order valence-corrected chi connectivity index (χ4v) is 4.90. The zero-order chi connectivity index (χ0) is 19.8. The normalized spacial score (nSPS) is 28.9. The molecule has 1 rings (SSSR count). The van der Waals surface area contributed by atoms with Crippen LogP contribution in [0.5, 0.6) is 0 Å². The quantitative estimate of drug-likeness (QED) is 0.721. The molecule has 4 atom stereocenters. The van der Waals surface area contributed by atoms with Crippen molar-refractivity contribution in [3.63, 3.8) is 0 Å². The van der Waals surface area contributed by atoms with Crippen LogP contribution in [0, 0.1) is 11.3 Å². The van der Waals surface area contributed by atoms with E-state index in [9.17, 15) is 10.4 Å². The van der Waals surface area contributed by atoms with E-state index in [1.54, 1.807) is 0 Å². The molecule has 0 aliphatic carbocycles. The molecule has 0 aromatic carbocycles. The molecule has 4 unspecified atom stereocenters. The summed E-state index contributed by atoms with van der Waals surface area (Å²) in [6, 6.07) is 2.21. The SMILES string of the molecule is CC(C)(C)[Si](C)(C)OC1C(C#N)OC(CO)C1O[Si](C)(C)C(C)(C)C. The van der Waals surface area contributed by atoms with E-state index in [2.05, 4.69) is 73.8 Å². The van der Waals surface area contributed by atoms with Crippen LogP contribution < -0.4 is 0 Å². The highest BCUT2D eigenvalue weighted by molar-refractivity contribution is 6.74. The van der Waals surface area contributed by atoms with Gasteiger partial charge in [-0.25, -0.2) is 0 Å². The lowest BCUT2D eigenvalue weighted by molar-refractivity contribution is -0.00629. The van der Waals surface area contributed by atoms with Crippen molar-refractivity contribution in [3.8, 4) is 6.07 Å². The van der Waals surface area contributed by atoms with Crippen molar-refractivity contribution in [1.29, 1.82) is 5.26 Å². The Morgan fingerprint density at radius 2 is 1.32 bits per heavy atom. The molecule has 0 radical (unpaired) electrons. The predicted molar refractivity (Wildman–Crippen MR) is 105 cm³/mol. The second-order valence-corrected chi connectivity index (χ2v) is 19.6. The highest BCUT2D eigenvalue weighted by Crippen LogP contribution is 2.43. The Morgan fingerprint density at radius 3 is 1.64 bits per heavy atom. The van der Waals surface area contributed by atoms with Gasteiger partial charge in [-0.3, -0.25) is 0 Å². The van der Waals surface area contributed by atoms with E-state index in [0.717, 1.165) is 0 Å². The molecule has 1 aliphatic rings. The van der Waals surface area contributed by atoms with Gasteiger partial charge in [-0.05, 0) is 36.3 Å². The Morgan fingerprint density at radius 1 is 0.920 bits per heavy atom. The average Bonchev–Trinajstić information content (AvgIpc) is 2.72. The van der Waals surface area contributed by atoms with Crippen LogP contribution in [-0.2, 0) is 13.6 Å². The molecule has 0 aromatic heterocycles. The smallest absolute Gasteiger partial charge is 0.192 e. The first-order valence-corrected chi connectivity index (χ1v) is 14.9. The third-order valence-corrected chi connectivity index (χ3v) is 15.0. The maximum absolute atomic E-state index is 9.78. The molecule has 0 amide bonds. The van der Waals surface area contributed by atoms with E-state index in [1.165, 1.54) is 0 Å². The Hall–Kier alpha value is -0.236. The van der Waals surface area contributed by atoms with Crippen molar-refractivity contribution in [3.05, 3.63) is 0 Å². The highest BCUT2D eigenvalue weighted by atomic mass is 28.4. The number of nitriles is 1. The Kier molecular flexibility index (Phi) is 6.76. The van der Waals surface area contributed by atoms with Crippen molar-refractivity contribution in [1.82, 2.24) is 0 Å². The monoisotopic (exact) mass is 387 g/mol. The van der Waals surface area contributed by atoms with E-state index in [0.29, 0.717) is 0 Å². The molecule has 146 valence electrons. The van der Waals surface area contributed by atoms with Crippen LogP contribution in [0.3, 0.4) is 0 Å². The lowest BCUT2D eigenvalue weighted by atomic mass is 10.1. The summed E-state index contributed by atoms with van der Waals surface area (Å²) >= 11 is 0. The maximum Gasteiger partial charge on any atom is 0.192 e. The fourth-order valence-electron chi connectivity index (χ4n) is 2.28. The van der Waals surface area contributed by atoms with Gasteiger partial charge in [-0.15, -0.1) is 0 Å². The van der Waals surface area contributed by atoms with Gasteiger partial charge < -0.3 is 18.7 Å². The summed E-state index contributed by atoms with van der Waals surface area (Å²) in [7, 11) is -4.21. The summed E-state index contributed by atoms with van der Waals surface area (Å²) in [6.07, 6.45) is -2.10. The number of nitrogens with zero attached hydrogens (tertiary/aromatic N) is 1. The van der Waals surface area contributed by atoms with Crippen molar-refractivity contribution < 1.29 is 18.7 Å². The van der Waals surface area contributed by atoms with Gasteiger partial charge in [0.15, 0.2) is 22.7 Å². The lowest BCUT2D eigenvalue weighted by Gasteiger charge is -2.43. The van der Waals surface area contributed by atoms with Gasteiger partial charge in [-0.2, -0.15) is 5.26 Å². The summed E-state index contributed by atoms with van der Waals surface area (Å²) in [5.41, 5.74) is 0. The van der Waals surface area contributed by atoms with Crippen LogP contribution in [0.1, 0.15) is 41.5 Å². The molecular formula is C18H37NO4Si2. The summed E-state index contributed by atoms with van der Waals surface area (Å²) in [5, 5.41) is 19.4. The highest BCUT2D eigenvalue weighted by Gasteiger charge is 2.53. The van der Waals surface area contributed by atoms with E-state index in [4.69, 9.17) is 13.6 Å². The second kappa shape index (κ2) is 7.41. The number of rotatable bonds is 5. The minimum Gasteiger partial charge on any atom is -0.408 e. The Labute approximate surface area is 155 Å². The molecule has 1 heterocycles. The Bertz CT molecular complexity index is 503. The standard InChI is InChI=1S/C18H37NO4Si2/c1-17(2,3)24(7,8)22-15-13(11-19)21-14(12-20)16(15)23-25(9,10)18(4,5)6/h13-16,20H,12H2,1-10H3. The summed E-state index contributed by atoms with van der Waals surface area (Å²) in [5.74, 6) is 0. The van der Waals surface area contributed by atoms with Gasteiger partial charge in [0.1, 0.15) is 18.3 Å². The summed E-state index contributed by atoms with van der Waals surface area (Å²) in [4.78, 5) is 0. The zero-order valence-electron chi connectivity index (χ0n) is 17.6. The van der Waals surface area contributed by atoms with Crippen LogP contribution in [0.15, 0.2) is 0 Å². The minimum atomic E-state index is -2.11. The van der Waals surface area contributed by atoms with Gasteiger partial charge >= 0.3 is 0 Å². The molecule has 1 saturated heterocycles. The molecule has 0 saturated carbocycles. The molecule has 25 heavy (non-hydrogen) atoms. The number of aliphatic hydroxyl groups is 1. The van der Waals surface area contributed by atoms with Crippen LogP contribution in [0.4, 0.5) is 0 Å². The molecule has 0 bridgehead atoms. The first kappa shape index (κ1) is 22.8. The van der Waals surface area contributed by atoms with Crippen molar-refractivity contribution in [2.45, 2.75) is 102 Å². The molecule has 1 N–H and O–H groups in total.